The van der Waals surface area contributed by atoms with Gasteiger partial charge in [-0.3, -0.25) is 4.79 Å². The number of amides is 1. The van der Waals surface area contributed by atoms with Gasteiger partial charge in [-0.05, 0) is 23.6 Å². The topological polar surface area (TPSA) is 86.5 Å². The number of rotatable bonds is 7. The van der Waals surface area contributed by atoms with E-state index in [2.05, 4.69) is 15.5 Å². The number of hydrogen-bond donors (Lipinski definition) is 1. The molecule has 0 aliphatic carbocycles. The number of benzene rings is 1. The molecule has 25 heavy (non-hydrogen) atoms. The molecule has 1 amide bonds. The molecule has 1 aromatic carbocycles. The highest BCUT2D eigenvalue weighted by Crippen LogP contribution is 2.29. The van der Waals surface area contributed by atoms with Crippen molar-refractivity contribution in [2.45, 2.75) is 12.8 Å². The Kier molecular flexibility index (Phi) is 5.30. The molecule has 130 valence electrons. The minimum atomic E-state index is -0.168. The second-order valence-electron chi connectivity index (χ2n) is 5.13. The highest BCUT2D eigenvalue weighted by molar-refractivity contribution is 7.08. The molecule has 0 saturated heterocycles. The van der Waals surface area contributed by atoms with Gasteiger partial charge in [0, 0.05) is 29.9 Å². The first-order valence-corrected chi connectivity index (χ1v) is 8.50. The Labute approximate surface area is 148 Å². The van der Waals surface area contributed by atoms with Crippen molar-refractivity contribution in [2.24, 2.45) is 0 Å². The van der Waals surface area contributed by atoms with Crippen LogP contribution in [0.15, 0.2) is 39.4 Å². The van der Waals surface area contributed by atoms with E-state index in [4.69, 9.17) is 13.9 Å². The van der Waals surface area contributed by atoms with Gasteiger partial charge in [-0.25, -0.2) is 0 Å². The van der Waals surface area contributed by atoms with Crippen LogP contribution in [-0.4, -0.2) is 30.3 Å². The van der Waals surface area contributed by atoms with Crippen LogP contribution in [0.5, 0.6) is 11.5 Å². The van der Waals surface area contributed by atoms with Gasteiger partial charge in [0.25, 0.3) is 0 Å². The van der Waals surface area contributed by atoms with Gasteiger partial charge in [0.2, 0.25) is 17.7 Å². The lowest BCUT2D eigenvalue weighted by Crippen LogP contribution is -2.13. The maximum absolute atomic E-state index is 12.2. The molecule has 3 rings (SSSR count). The summed E-state index contributed by atoms with van der Waals surface area (Å²) >= 11 is 1.56. The quantitative estimate of drug-likeness (QED) is 0.696. The van der Waals surface area contributed by atoms with Gasteiger partial charge in [-0.2, -0.15) is 11.3 Å². The minimum Gasteiger partial charge on any atom is -0.497 e. The summed E-state index contributed by atoms with van der Waals surface area (Å²) in [5.74, 6) is 1.91. The fraction of sp³-hybridized carbons (Fsp3) is 0.235. The molecule has 1 N–H and O–H groups in total. The van der Waals surface area contributed by atoms with E-state index >= 15 is 0 Å². The van der Waals surface area contributed by atoms with E-state index in [0.717, 1.165) is 5.56 Å². The fourth-order valence-corrected chi connectivity index (χ4v) is 2.82. The molecule has 0 spiro atoms. The molecule has 0 aliphatic rings. The SMILES string of the molecule is COc1ccc(NC(=O)CCc2nnc(-c3ccsc3)o2)c(OC)c1. The zero-order valence-corrected chi connectivity index (χ0v) is 14.6. The molecule has 0 saturated carbocycles. The zero-order valence-electron chi connectivity index (χ0n) is 13.8. The summed E-state index contributed by atoms with van der Waals surface area (Å²) in [6, 6.07) is 7.10. The molecule has 0 unspecified atom stereocenters. The normalized spacial score (nSPS) is 10.5. The summed E-state index contributed by atoms with van der Waals surface area (Å²) < 4.78 is 16.0. The number of aryl methyl sites for hydroxylation is 1. The maximum Gasteiger partial charge on any atom is 0.248 e. The van der Waals surface area contributed by atoms with Gasteiger partial charge in [-0.1, -0.05) is 0 Å². The third-order valence-corrected chi connectivity index (χ3v) is 4.17. The third-order valence-electron chi connectivity index (χ3n) is 3.48. The van der Waals surface area contributed by atoms with Crippen LogP contribution in [0, 0.1) is 0 Å². The van der Waals surface area contributed by atoms with Gasteiger partial charge >= 0.3 is 0 Å². The smallest absolute Gasteiger partial charge is 0.248 e. The predicted molar refractivity (Wildman–Crippen MR) is 94.1 cm³/mol. The zero-order chi connectivity index (χ0) is 17.6. The Balaban J connectivity index is 1.58. The summed E-state index contributed by atoms with van der Waals surface area (Å²) in [6.45, 7) is 0. The molecule has 7 nitrogen and oxygen atoms in total. The first kappa shape index (κ1) is 17.0. The Morgan fingerprint density at radius 2 is 2.12 bits per heavy atom. The van der Waals surface area contributed by atoms with E-state index in [0.29, 0.717) is 35.4 Å². The lowest BCUT2D eigenvalue weighted by Gasteiger charge is -2.11. The lowest BCUT2D eigenvalue weighted by atomic mass is 10.2. The highest BCUT2D eigenvalue weighted by Gasteiger charge is 2.13. The van der Waals surface area contributed by atoms with E-state index in [1.807, 2.05) is 16.8 Å². The second-order valence-corrected chi connectivity index (χ2v) is 5.91. The number of methoxy groups -OCH3 is 2. The third kappa shape index (κ3) is 4.16. The molecule has 3 aromatic rings. The van der Waals surface area contributed by atoms with E-state index in [1.54, 1.807) is 36.6 Å². The number of nitrogens with one attached hydrogen (secondary N) is 1. The molecular formula is C17H17N3O4S. The van der Waals surface area contributed by atoms with Gasteiger partial charge in [0.15, 0.2) is 0 Å². The molecule has 8 heteroatoms. The van der Waals surface area contributed by atoms with E-state index in [1.165, 1.54) is 7.11 Å². The van der Waals surface area contributed by atoms with Crippen LogP contribution in [0.1, 0.15) is 12.3 Å². The first-order chi connectivity index (χ1) is 12.2. The summed E-state index contributed by atoms with van der Waals surface area (Å²) in [7, 11) is 3.11. The number of ether oxygens (including phenoxy) is 2. The number of hydrogen-bond acceptors (Lipinski definition) is 7. The van der Waals surface area contributed by atoms with Crippen molar-refractivity contribution in [3.8, 4) is 23.0 Å². The summed E-state index contributed by atoms with van der Waals surface area (Å²) in [4.78, 5) is 12.2. The Morgan fingerprint density at radius 3 is 2.84 bits per heavy atom. The molecule has 0 bridgehead atoms. The van der Waals surface area contributed by atoms with Crippen LogP contribution < -0.4 is 14.8 Å². The van der Waals surface area contributed by atoms with Crippen molar-refractivity contribution in [3.63, 3.8) is 0 Å². The summed E-state index contributed by atoms with van der Waals surface area (Å²) in [5.41, 5.74) is 1.47. The van der Waals surface area contributed by atoms with Crippen LogP contribution in [0.2, 0.25) is 0 Å². The van der Waals surface area contributed by atoms with Crippen LogP contribution in [0.25, 0.3) is 11.5 Å². The largest absolute Gasteiger partial charge is 0.497 e. The number of nitrogens with zero attached hydrogens (tertiary/aromatic N) is 2. The fourth-order valence-electron chi connectivity index (χ4n) is 2.19. The molecular weight excluding hydrogens is 342 g/mol. The van der Waals surface area contributed by atoms with Gasteiger partial charge in [0.1, 0.15) is 11.5 Å². The lowest BCUT2D eigenvalue weighted by molar-refractivity contribution is -0.116. The molecule has 0 radical (unpaired) electrons. The number of thiophene rings is 1. The van der Waals surface area contributed by atoms with E-state index < -0.39 is 0 Å². The van der Waals surface area contributed by atoms with Crippen molar-refractivity contribution < 1.29 is 18.7 Å². The van der Waals surface area contributed by atoms with Crippen molar-refractivity contribution in [1.82, 2.24) is 10.2 Å². The second kappa shape index (κ2) is 7.80. The number of aromatic nitrogens is 2. The molecule has 0 aliphatic heterocycles. The van der Waals surface area contributed by atoms with Crippen LogP contribution in [-0.2, 0) is 11.2 Å². The van der Waals surface area contributed by atoms with Gasteiger partial charge < -0.3 is 19.2 Å². The molecule has 0 atom stereocenters. The number of carbonyl (C=O) groups excluding carboxylic acids is 1. The van der Waals surface area contributed by atoms with E-state index in [9.17, 15) is 4.79 Å². The van der Waals surface area contributed by atoms with Gasteiger partial charge in [0.05, 0.1) is 19.9 Å². The minimum absolute atomic E-state index is 0.168. The Bertz CT molecular complexity index is 845. The summed E-state index contributed by atoms with van der Waals surface area (Å²) in [5, 5.41) is 14.6. The maximum atomic E-state index is 12.2. The van der Waals surface area contributed by atoms with Crippen molar-refractivity contribution in [3.05, 3.63) is 40.9 Å². The summed E-state index contributed by atoms with van der Waals surface area (Å²) in [6.07, 6.45) is 0.585. The monoisotopic (exact) mass is 359 g/mol. The van der Waals surface area contributed by atoms with Crippen molar-refractivity contribution in [1.29, 1.82) is 0 Å². The van der Waals surface area contributed by atoms with E-state index in [-0.39, 0.29) is 12.3 Å². The van der Waals surface area contributed by atoms with Gasteiger partial charge in [-0.15, -0.1) is 10.2 Å². The number of anilines is 1. The van der Waals surface area contributed by atoms with Crippen molar-refractivity contribution >= 4 is 22.9 Å². The van der Waals surface area contributed by atoms with Crippen LogP contribution in [0.4, 0.5) is 5.69 Å². The average molecular weight is 359 g/mol. The number of carbonyl (C=O) groups is 1. The predicted octanol–water partition coefficient (Wildman–Crippen LogP) is 3.39. The van der Waals surface area contributed by atoms with Crippen molar-refractivity contribution in [2.75, 3.05) is 19.5 Å². The van der Waals surface area contributed by atoms with Crippen LogP contribution in [0.3, 0.4) is 0 Å². The first-order valence-electron chi connectivity index (χ1n) is 7.56. The standard InChI is InChI=1S/C17H17N3O4S/c1-22-12-3-4-13(14(9-12)23-2)18-15(21)5-6-16-19-20-17(24-16)11-7-8-25-10-11/h3-4,7-10H,5-6H2,1-2H3,(H,18,21). The molecule has 0 fully saturated rings. The molecule has 2 heterocycles. The Hall–Kier alpha value is -2.87. The van der Waals surface area contributed by atoms with Crippen LogP contribution >= 0.6 is 11.3 Å². The Morgan fingerprint density at radius 1 is 1.24 bits per heavy atom. The highest BCUT2D eigenvalue weighted by atomic mass is 32.1. The average Bonchev–Trinajstić information content (AvgIpc) is 3.31. The molecule has 2 aromatic heterocycles.